The molecule has 5 nitrogen and oxygen atoms in total. The lowest BCUT2D eigenvalue weighted by molar-refractivity contribution is 0.102. The Bertz CT molecular complexity index is 823. The number of aromatic nitrogens is 1. The number of halogens is 2. The van der Waals surface area contributed by atoms with Crippen molar-refractivity contribution in [3.8, 4) is 0 Å². The lowest BCUT2D eigenvalue weighted by atomic mass is 10.2. The van der Waals surface area contributed by atoms with Crippen molar-refractivity contribution < 1.29 is 13.2 Å². The normalized spacial score (nSPS) is 11.2. The molecule has 22 heavy (non-hydrogen) atoms. The molecule has 0 bridgehead atoms. The highest BCUT2D eigenvalue weighted by Crippen LogP contribution is 2.24. The standard InChI is InChI=1S/C14H12Cl2N2O3S/c1-2-22(20,21)12-6-4-3-5-9(12)14(19)18-13-7-10(15)11(16)8-17-13/h3-8H,2H2,1H3,(H,17,18,19). The van der Waals surface area contributed by atoms with Gasteiger partial charge in [0.05, 0.1) is 26.3 Å². The number of sulfone groups is 1. The van der Waals surface area contributed by atoms with E-state index >= 15 is 0 Å². The van der Waals surface area contributed by atoms with Crippen LogP contribution < -0.4 is 5.32 Å². The first-order valence-corrected chi connectivity index (χ1v) is 8.70. The molecule has 0 unspecified atom stereocenters. The molecule has 2 rings (SSSR count). The number of hydrogen-bond acceptors (Lipinski definition) is 4. The van der Waals surface area contributed by atoms with Crippen molar-refractivity contribution in [2.75, 3.05) is 11.1 Å². The van der Waals surface area contributed by atoms with Crippen molar-refractivity contribution in [2.45, 2.75) is 11.8 Å². The van der Waals surface area contributed by atoms with Gasteiger partial charge in [-0.3, -0.25) is 4.79 Å². The fourth-order valence-corrected chi connectivity index (χ4v) is 3.10. The quantitative estimate of drug-likeness (QED) is 0.907. The lowest BCUT2D eigenvalue weighted by Gasteiger charge is -2.10. The molecule has 0 aliphatic heterocycles. The summed E-state index contributed by atoms with van der Waals surface area (Å²) in [6.45, 7) is 1.52. The van der Waals surface area contributed by atoms with Crippen LogP contribution in [0, 0.1) is 0 Å². The summed E-state index contributed by atoms with van der Waals surface area (Å²) in [6, 6.07) is 7.38. The van der Waals surface area contributed by atoms with E-state index in [2.05, 4.69) is 10.3 Å². The summed E-state index contributed by atoms with van der Waals surface area (Å²) in [4.78, 5) is 16.2. The molecule has 1 heterocycles. The number of benzene rings is 1. The third-order valence-corrected chi connectivity index (χ3v) is 5.39. The Labute approximate surface area is 138 Å². The molecule has 2 aromatic rings. The third kappa shape index (κ3) is 3.58. The summed E-state index contributed by atoms with van der Waals surface area (Å²) in [5.41, 5.74) is 0.0530. The highest BCUT2D eigenvalue weighted by molar-refractivity contribution is 7.91. The van der Waals surface area contributed by atoms with E-state index in [1.165, 1.54) is 31.3 Å². The Morgan fingerprint density at radius 1 is 1.23 bits per heavy atom. The monoisotopic (exact) mass is 358 g/mol. The number of nitrogens with zero attached hydrogens (tertiary/aromatic N) is 1. The Morgan fingerprint density at radius 3 is 2.55 bits per heavy atom. The smallest absolute Gasteiger partial charge is 0.258 e. The molecule has 8 heteroatoms. The zero-order chi connectivity index (χ0) is 16.3. The predicted molar refractivity (Wildman–Crippen MR) is 86.4 cm³/mol. The Balaban J connectivity index is 2.36. The maximum Gasteiger partial charge on any atom is 0.258 e. The Hall–Kier alpha value is -1.63. The molecule has 0 aliphatic carbocycles. The zero-order valence-corrected chi connectivity index (χ0v) is 13.8. The molecule has 0 aliphatic rings. The average Bonchev–Trinajstić information content (AvgIpc) is 2.51. The van der Waals surface area contributed by atoms with E-state index in [1.54, 1.807) is 12.1 Å². The van der Waals surface area contributed by atoms with Gasteiger partial charge in [-0.25, -0.2) is 13.4 Å². The van der Waals surface area contributed by atoms with Gasteiger partial charge in [0.2, 0.25) is 0 Å². The number of amides is 1. The highest BCUT2D eigenvalue weighted by atomic mass is 35.5. The molecule has 0 saturated heterocycles. The minimum absolute atomic E-state index is 0.0185. The van der Waals surface area contributed by atoms with Gasteiger partial charge in [-0.1, -0.05) is 42.3 Å². The zero-order valence-electron chi connectivity index (χ0n) is 11.5. The van der Waals surface area contributed by atoms with Crippen LogP contribution in [0.15, 0.2) is 41.4 Å². The summed E-state index contributed by atoms with van der Waals surface area (Å²) >= 11 is 11.6. The first kappa shape index (κ1) is 16.7. The molecule has 116 valence electrons. The molecular weight excluding hydrogens is 347 g/mol. The van der Waals surface area contributed by atoms with E-state index in [1.807, 2.05) is 0 Å². The van der Waals surface area contributed by atoms with Gasteiger partial charge in [-0.05, 0) is 12.1 Å². The molecule has 0 saturated carbocycles. The van der Waals surface area contributed by atoms with Crippen LogP contribution in [0.1, 0.15) is 17.3 Å². The van der Waals surface area contributed by atoms with Crippen LogP contribution in [0.3, 0.4) is 0 Å². The molecule has 1 N–H and O–H groups in total. The maximum atomic E-state index is 12.3. The summed E-state index contributed by atoms with van der Waals surface area (Å²) < 4.78 is 24.1. The number of carbonyl (C=O) groups is 1. The van der Waals surface area contributed by atoms with E-state index < -0.39 is 15.7 Å². The van der Waals surface area contributed by atoms with Crippen LogP contribution in [0.5, 0.6) is 0 Å². The first-order valence-electron chi connectivity index (χ1n) is 6.29. The van der Waals surface area contributed by atoms with E-state index in [4.69, 9.17) is 23.2 Å². The lowest BCUT2D eigenvalue weighted by Crippen LogP contribution is -2.17. The molecule has 0 atom stereocenters. The van der Waals surface area contributed by atoms with E-state index in [0.717, 1.165) is 0 Å². The largest absolute Gasteiger partial charge is 0.306 e. The van der Waals surface area contributed by atoms with Crippen molar-refractivity contribution in [1.82, 2.24) is 4.98 Å². The van der Waals surface area contributed by atoms with Gasteiger partial charge in [0, 0.05) is 12.3 Å². The fourth-order valence-electron chi connectivity index (χ4n) is 1.75. The second-order valence-electron chi connectivity index (χ2n) is 4.34. The summed E-state index contributed by atoms with van der Waals surface area (Å²) in [5.74, 6) is -0.496. The summed E-state index contributed by atoms with van der Waals surface area (Å²) in [5, 5.41) is 3.00. The van der Waals surface area contributed by atoms with Gasteiger partial charge in [0.15, 0.2) is 9.84 Å². The number of anilines is 1. The number of nitrogens with one attached hydrogen (secondary N) is 1. The van der Waals surface area contributed by atoms with Crippen LogP contribution in [-0.4, -0.2) is 25.1 Å². The van der Waals surface area contributed by atoms with Gasteiger partial charge in [-0.2, -0.15) is 0 Å². The van der Waals surface area contributed by atoms with Gasteiger partial charge in [0.25, 0.3) is 5.91 Å². The summed E-state index contributed by atoms with van der Waals surface area (Å²) in [7, 11) is -3.51. The number of carbonyl (C=O) groups excluding carboxylic acids is 1. The maximum absolute atomic E-state index is 12.3. The predicted octanol–water partition coefficient (Wildman–Crippen LogP) is 3.43. The minimum atomic E-state index is -3.51. The topological polar surface area (TPSA) is 76.1 Å². The van der Waals surface area contributed by atoms with Crippen molar-refractivity contribution in [3.05, 3.63) is 52.1 Å². The van der Waals surface area contributed by atoms with Crippen LogP contribution >= 0.6 is 23.2 Å². The van der Waals surface area contributed by atoms with Crippen LogP contribution in [-0.2, 0) is 9.84 Å². The summed E-state index contributed by atoms with van der Waals surface area (Å²) in [6.07, 6.45) is 1.30. The van der Waals surface area contributed by atoms with Gasteiger partial charge < -0.3 is 5.32 Å². The van der Waals surface area contributed by atoms with Crippen molar-refractivity contribution in [2.24, 2.45) is 0 Å². The Kier molecular flexibility index (Phi) is 5.05. The van der Waals surface area contributed by atoms with Gasteiger partial charge in [0.1, 0.15) is 5.82 Å². The van der Waals surface area contributed by atoms with Gasteiger partial charge in [-0.15, -0.1) is 0 Å². The van der Waals surface area contributed by atoms with Gasteiger partial charge >= 0.3 is 0 Å². The first-order chi connectivity index (χ1) is 10.3. The van der Waals surface area contributed by atoms with Crippen LogP contribution in [0.25, 0.3) is 0 Å². The Morgan fingerprint density at radius 2 is 1.91 bits per heavy atom. The molecule has 1 aromatic heterocycles. The molecule has 0 radical (unpaired) electrons. The second kappa shape index (κ2) is 6.64. The average molecular weight is 359 g/mol. The second-order valence-corrected chi connectivity index (χ2v) is 7.40. The number of pyridine rings is 1. The van der Waals surface area contributed by atoms with E-state index in [-0.39, 0.29) is 32.1 Å². The van der Waals surface area contributed by atoms with Crippen molar-refractivity contribution in [3.63, 3.8) is 0 Å². The SMILES string of the molecule is CCS(=O)(=O)c1ccccc1C(=O)Nc1cc(Cl)c(Cl)cn1. The minimum Gasteiger partial charge on any atom is -0.306 e. The van der Waals surface area contributed by atoms with E-state index in [0.29, 0.717) is 0 Å². The molecule has 1 amide bonds. The molecule has 0 spiro atoms. The number of rotatable bonds is 4. The van der Waals surface area contributed by atoms with Crippen molar-refractivity contribution >= 4 is 44.8 Å². The number of hydrogen-bond donors (Lipinski definition) is 1. The third-order valence-electron chi connectivity index (χ3n) is 2.90. The molecule has 0 fully saturated rings. The van der Waals surface area contributed by atoms with Crippen molar-refractivity contribution in [1.29, 1.82) is 0 Å². The van der Waals surface area contributed by atoms with Crippen LogP contribution in [0.2, 0.25) is 10.0 Å². The fraction of sp³-hybridized carbons (Fsp3) is 0.143. The highest BCUT2D eigenvalue weighted by Gasteiger charge is 2.20. The van der Waals surface area contributed by atoms with E-state index in [9.17, 15) is 13.2 Å². The van der Waals surface area contributed by atoms with Crippen LogP contribution in [0.4, 0.5) is 5.82 Å². The molecule has 1 aromatic carbocycles. The molecular formula is C14H12Cl2N2O3S.